The number of para-hydroxylation sites is 2. The molecule has 0 aliphatic rings. The van der Waals surface area contributed by atoms with Crippen LogP contribution in [-0.4, -0.2) is 38.7 Å². The molecule has 2 N–H and O–H groups in total. The Morgan fingerprint density at radius 1 is 1.00 bits per heavy atom. The van der Waals surface area contributed by atoms with Crippen molar-refractivity contribution in [3.8, 4) is 0 Å². The second kappa shape index (κ2) is 9.32. The molecule has 0 radical (unpaired) electrons. The molecule has 0 saturated heterocycles. The second-order valence-electron chi connectivity index (χ2n) is 5.33. The van der Waals surface area contributed by atoms with Crippen molar-refractivity contribution < 1.29 is 14.3 Å². The van der Waals surface area contributed by atoms with Gasteiger partial charge in [-0.2, -0.15) is 0 Å². The third-order valence-corrected chi connectivity index (χ3v) is 3.59. The lowest BCUT2D eigenvalue weighted by atomic mass is 10.1. The minimum Gasteiger partial charge on any atom is -0.460 e. The number of ether oxygens (including phenoxy) is 1. The van der Waals surface area contributed by atoms with Crippen molar-refractivity contribution in [2.24, 2.45) is 0 Å². The van der Waals surface area contributed by atoms with E-state index in [1.54, 1.807) is 12.1 Å². The minimum absolute atomic E-state index is 0.110. The van der Waals surface area contributed by atoms with E-state index in [0.717, 1.165) is 11.4 Å². The average Bonchev–Trinajstić information content (AvgIpc) is 2.65. The average molecular weight is 341 g/mol. The van der Waals surface area contributed by atoms with Gasteiger partial charge < -0.3 is 20.3 Å². The summed E-state index contributed by atoms with van der Waals surface area (Å²) < 4.78 is 5.28. The number of urea groups is 1. The Bertz CT molecular complexity index is 704. The molecule has 0 bridgehead atoms. The summed E-state index contributed by atoms with van der Waals surface area (Å²) in [5.74, 6) is -0.420. The summed E-state index contributed by atoms with van der Waals surface area (Å²) in [7, 11) is 1.90. The predicted octanol–water partition coefficient (Wildman–Crippen LogP) is 2.93. The molecule has 0 aromatic heterocycles. The zero-order valence-corrected chi connectivity index (χ0v) is 14.5. The monoisotopic (exact) mass is 341 g/mol. The summed E-state index contributed by atoms with van der Waals surface area (Å²) >= 11 is 0. The van der Waals surface area contributed by atoms with Crippen LogP contribution in [0.5, 0.6) is 0 Å². The summed E-state index contributed by atoms with van der Waals surface area (Å²) in [6, 6.07) is 16.8. The number of hydrogen-bond donors (Lipinski definition) is 2. The Balaban J connectivity index is 2.00. The van der Waals surface area contributed by atoms with E-state index in [-0.39, 0.29) is 19.2 Å². The van der Waals surface area contributed by atoms with E-state index in [1.165, 1.54) is 0 Å². The van der Waals surface area contributed by atoms with Crippen LogP contribution in [0.25, 0.3) is 0 Å². The van der Waals surface area contributed by atoms with E-state index < -0.39 is 5.97 Å². The zero-order chi connectivity index (χ0) is 18.1. The minimum atomic E-state index is -0.420. The van der Waals surface area contributed by atoms with Crippen LogP contribution >= 0.6 is 0 Å². The summed E-state index contributed by atoms with van der Waals surface area (Å²) in [6.45, 7) is 2.75. The van der Waals surface area contributed by atoms with Crippen molar-refractivity contribution in [3.63, 3.8) is 0 Å². The van der Waals surface area contributed by atoms with E-state index >= 15 is 0 Å². The van der Waals surface area contributed by atoms with Crippen LogP contribution in [0, 0.1) is 0 Å². The Morgan fingerprint density at radius 3 is 2.40 bits per heavy atom. The highest BCUT2D eigenvalue weighted by molar-refractivity contribution is 5.96. The molecule has 2 rings (SSSR count). The van der Waals surface area contributed by atoms with Crippen molar-refractivity contribution in [1.29, 1.82) is 0 Å². The van der Waals surface area contributed by atoms with Crippen molar-refractivity contribution in [2.45, 2.75) is 6.92 Å². The lowest BCUT2D eigenvalue weighted by Gasteiger charge is -2.22. The molecule has 0 unspecified atom stereocenters. The molecule has 2 aromatic rings. The first kappa shape index (κ1) is 18.3. The fourth-order valence-electron chi connectivity index (χ4n) is 2.34. The van der Waals surface area contributed by atoms with Crippen LogP contribution in [-0.2, 0) is 4.74 Å². The fraction of sp³-hybridized carbons (Fsp3) is 0.263. The van der Waals surface area contributed by atoms with Gasteiger partial charge in [0.1, 0.15) is 6.61 Å². The zero-order valence-electron chi connectivity index (χ0n) is 14.5. The van der Waals surface area contributed by atoms with Gasteiger partial charge in [0.05, 0.1) is 17.8 Å². The molecular weight excluding hydrogens is 318 g/mol. The molecule has 0 aliphatic carbocycles. The van der Waals surface area contributed by atoms with Gasteiger partial charge in [0.15, 0.2) is 0 Å². The normalized spacial score (nSPS) is 10.0. The Morgan fingerprint density at radius 2 is 1.68 bits per heavy atom. The number of nitrogens with one attached hydrogen (secondary N) is 2. The first-order chi connectivity index (χ1) is 12.1. The number of amides is 2. The van der Waals surface area contributed by atoms with Crippen LogP contribution < -0.4 is 15.5 Å². The Hall–Kier alpha value is -3.02. The Kier molecular flexibility index (Phi) is 6.83. The van der Waals surface area contributed by atoms with Gasteiger partial charge in [-0.1, -0.05) is 30.3 Å². The number of carbonyl (C=O) groups excluding carboxylic acids is 2. The number of carbonyl (C=O) groups is 2. The molecular formula is C19H23N3O3. The van der Waals surface area contributed by atoms with E-state index in [0.29, 0.717) is 12.1 Å². The van der Waals surface area contributed by atoms with E-state index in [9.17, 15) is 9.59 Å². The molecule has 2 aromatic carbocycles. The first-order valence-electron chi connectivity index (χ1n) is 8.20. The molecule has 0 atom stereocenters. The lowest BCUT2D eigenvalue weighted by molar-refractivity contribution is 0.0511. The molecule has 2 amide bonds. The summed E-state index contributed by atoms with van der Waals surface area (Å²) in [5, 5.41) is 5.23. The van der Waals surface area contributed by atoms with E-state index in [2.05, 4.69) is 10.6 Å². The van der Waals surface area contributed by atoms with Gasteiger partial charge >= 0.3 is 12.0 Å². The Labute approximate surface area is 147 Å². The van der Waals surface area contributed by atoms with Crippen molar-refractivity contribution in [1.82, 2.24) is 10.6 Å². The number of rotatable bonds is 7. The number of benzene rings is 2. The molecule has 0 heterocycles. The van der Waals surface area contributed by atoms with Gasteiger partial charge in [0.25, 0.3) is 0 Å². The second-order valence-corrected chi connectivity index (χ2v) is 5.33. The number of hydrogen-bond acceptors (Lipinski definition) is 4. The topological polar surface area (TPSA) is 70.7 Å². The maximum Gasteiger partial charge on any atom is 0.340 e. The molecule has 6 heteroatoms. The highest BCUT2D eigenvalue weighted by Gasteiger charge is 2.16. The predicted molar refractivity (Wildman–Crippen MR) is 98.3 cm³/mol. The van der Waals surface area contributed by atoms with Gasteiger partial charge in [-0.15, -0.1) is 0 Å². The standard InChI is InChI=1S/C19H23N3O3/c1-3-20-19(24)21-13-14-25-18(23)16-11-7-8-12-17(16)22(2)15-9-5-4-6-10-15/h4-12H,3,13-14H2,1-2H3,(H2,20,21,24). The molecule has 0 aliphatic heterocycles. The molecule has 0 fully saturated rings. The summed E-state index contributed by atoms with van der Waals surface area (Å²) in [4.78, 5) is 25.6. The van der Waals surface area contributed by atoms with Crippen LogP contribution in [0.3, 0.4) is 0 Å². The first-order valence-corrected chi connectivity index (χ1v) is 8.20. The quantitative estimate of drug-likeness (QED) is 0.600. The lowest BCUT2D eigenvalue weighted by Crippen LogP contribution is -2.37. The molecule has 132 valence electrons. The van der Waals surface area contributed by atoms with Gasteiger partial charge in [-0.05, 0) is 31.2 Å². The van der Waals surface area contributed by atoms with E-state index in [1.807, 2.05) is 61.3 Å². The fourth-order valence-corrected chi connectivity index (χ4v) is 2.34. The van der Waals surface area contributed by atoms with E-state index in [4.69, 9.17) is 4.74 Å². The maximum atomic E-state index is 12.4. The molecule has 25 heavy (non-hydrogen) atoms. The van der Waals surface area contributed by atoms with Crippen molar-refractivity contribution >= 4 is 23.4 Å². The number of esters is 1. The summed E-state index contributed by atoms with van der Waals surface area (Å²) in [6.07, 6.45) is 0. The largest absolute Gasteiger partial charge is 0.460 e. The highest BCUT2D eigenvalue weighted by atomic mass is 16.5. The summed E-state index contributed by atoms with van der Waals surface area (Å²) in [5.41, 5.74) is 2.21. The number of anilines is 2. The van der Waals surface area contributed by atoms with Crippen molar-refractivity contribution in [2.75, 3.05) is 31.6 Å². The van der Waals surface area contributed by atoms with Crippen LogP contribution in [0.4, 0.5) is 16.2 Å². The third-order valence-electron chi connectivity index (χ3n) is 3.59. The smallest absolute Gasteiger partial charge is 0.340 e. The SMILES string of the molecule is CCNC(=O)NCCOC(=O)c1ccccc1N(C)c1ccccc1. The van der Waals surface area contributed by atoms with Gasteiger partial charge in [0.2, 0.25) is 0 Å². The number of nitrogens with zero attached hydrogens (tertiary/aromatic N) is 1. The van der Waals surface area contributed by atoms with Crippen LogP contribution in [0.1, 0.15) is 17.3 Å². The van der Waals surface area contributed by atoms with Gasteiger partial charge in [0, 0.05) is 19.3 Å². The van der Waals surface area contributed by atoms with Crippen molar-refractivity contribution in [3.05, 3.63) is 60.2 Å². The van der Waals surface area contributed by atoms with Crippen LogP contribution in [0.15, 0.2) is 54.6 Å². The van der Waals surface area contributed by atoms with Crippen LogP contribution in [0.2, 0.25) is 0 Å². The molecule has 6 nitrogen and oxygen atoms in total. The van der Waals surface area contributed by atoms with Gasteiger partial charge in [-0.25, -0.2) is 9.59 Å². The maximum absolute atomic E-state index is 12.4. The van der Waals surface area contributed by atoms with Gasteiger partial charge in [-0.3, -0.25) is 0 Å². The molecule has 0 saturated carbocycles. The molecule has 0 spiro atoms. The third kappa shape index (κ3) is 5.24. The highest BCUT2D eigenvalue weighted by Crippen LogP contribution is 2.27.